The third-order valence-corrected chi connectivity index (χ3v) is 9.29. The Morgan fingerprint density at radius 2 is 1.81 bits per heavy atom. The number of fused-ring (bicyclic) bond motifs is 2. The van der Waals surface area contributed by atoms with Crippen molar-refractivity contribution in [1.82, 2.24) is 14.8 Å². The van der Waals surface area contributed by atoms with E-state index >= 15 is 0 Å². The van der Waals surface area contributed by atoms with Crippen molar-refractivity contribution in [3.05, 3.63) is 113 Å². The molecular weight excluding hydrogens is 524 g/mol. The molecule has 0 radical (unpaired) electrons. The van der Waals surface area contributed by atoms with Gasteiger partial charge in [0.2, 0.25) is 0 Å². The lowest BCUT2D eigenvalue weighted by atomic mass is 9.78. The highest BCUT2D eigenvalue weighted by molar-refractivity contribution is 6.08. The van der Waals surface area contributed by atoms with Crippen LogP contribution in [-0.4, -0.2) is 60.2 Å². The van der Waals surface area contributed by atoms with E-state index in [1.807, 2.05) is 78.6 Å². The molecule has 2 aromatic carbocycles. The van der Waals surface area contributed by atoms with Crippen molar-refractivity contribution in [2.24, 2.45) is 0 Å². The van der Waals surface area contributed by atoms with Gasteiger partial charge in [0.05, 0.1) is 18.7 Å². The Balaban J connectivity index is 1.25. The Hall–Kier alpha value is -3.94. The van der Waals surface area contributed by atoms with E-state index in [-0.39, 0.29) is 17.7 Å². The topological polar surface area (TPSA) is 66.8 Å². The fourth-order valence-corrected chi connectivity index (χ4v) is 6.74. The molecule has 218 valence electrons. The lowest BCUT2D eigenvalue weighted by Crippen LogP contribution is -2.38. The minimum Gasteiger partial charge on any atom is -0.373 e. The highest BCUT2D eigenvalue weighted by Crippen LogP contribution is 2.39. The normalized spacial score (nSPS) is 23.6. The first-order valence-electron chi connectivity index (χ1n) is 15.0. The molecule has 0 saturated carbocycles. The second-order valence-electron chi connectivity index (χ2n) is 11.9. The molecule has 1 saturated heterocycles. The SMILES string of the molecule is COC1(C)C=C(C(=O)N2Cc3ccc(C(=O)NCCC4CCCN4C)n3Cc3ccccc32)C=CC1c1ccccc1. The highest BCUT2D eigenvalue weighted by Gasteiger charge is 2.37. The first kappa shape index (κ1) is 28.2. The van der Waals surface area contributed by atoms with E-state index in [2.05, 4.69) is 40.0 Å². The molecule has 2 aliphatic heterocycles. The molecule has 0 spiro atoms. The van der Waals surface area contributed by atoms with Gasteiger partial charge in [0.25, 0.3) is 11.8 Å². The lowest BCUT2D eigenvalue weighted by Gasteiger charge is -2.36. The van der Waals surface area contributed by atoms with Crippen molar-refractivity contribution in [2.75, 3.05) is 32.1 Å². The number of hydrogen-bond acceptors (Lipinski definition) is 4. The van der Waals surface area contributed by atoms with Crippen molar-refractivity contribution >= 4 is 17.5 Å². The fraction of sp³-hybridized carbons (Fsp3) is 0.371. The Labute approximate surface area is 248 Å². The van der Waals surface area contributed by atoms with E-state index in [0.29, 0.717) is 36.9 Å². The third kappa shape index (κ3) is 5.35. The van der Waals surface area contributed by atoms with Crippen LogP contribution in [0.25, 0.3) is 0 Å². The van der Waals surface area contributed by atoms with E-state index in [4.69, 9.17) is 4.74 Å². The predicted octanol–water partition coefficient (Wildman–Crippen LogP) is 5.28. The fourth-order valence-electron chi connectivity index (χ4n) is 6.74. The van der Waals surface area contributed by atoms with Crippen molar-refractivity contribution in [2.45, 2.75) is 56.8 Å². The van der Waals surface area contributed by atoms with E-state index in [1.54, 1.807) is 7.11 Å². The summed E-state index contributed by atoms with van der Waals surface area (Å²) < 4.78 is 8.07. The number of nitrogens with one attached hydrogen (secondary N) is 1. The summed E-state index contributed by atoms with van der Waals surface area (Å²) in [6, 6.07) is 22.6. The Bertz CT molecular complexity index is 1520. The molecule has 1 aliphatic carbocycles. The maximum atomic E-state index is 14.2. The number of para-hydroxylation sites is 1. The number of anilines is 1. The van der Waals surface area contributed by atoms with Gasteiger partial charge in [0, 0.05) is 42.6 Å². The van der Waals surface area contributed by atoms with E-state index in [0.717, 1.165) is 35.5 Å². The minimum atomic E-state index is -0.675. The summed E-state index contributed by atoms with van der Waals surface area (Å²) in [7, 11) is 3.86. The van der Waals surface area contributed by atoms with Gasteiger partial charge < -0.3 is 24.4 Å². The van der Waals surface area contributed by atoms with E-state index in [1.165, 1.54) is 12.8 Å². The van der Waals surface area contributed by atoms with Crippen LogP contribution in [0.15, 0.2) is 90.5 Å². The number of carbonyl (C=O) groups excluding carboxylic acids is 2. The second kappa shape index (κ2) is 11.7. The molecule has 3 aliphatic rings. The van der Waals surface area contributed by atoms with Gasteiger partial charge in [-0.05, 0) is 75.2 Å². The van der Waals surface area contributed by atoms with Crippen LogP contribution in [0.5, 0.6) is 0 Å². The number of benzene rings is 2. The Morgan fingerprint density at radius 3 is 2.57 bits per heavy atom. The zero-order valence-electron chi connectivity index (χ0n) is 24.8. The first-order valence-corrected chi connectivity index (χ1v) is 15.0. The van der Waals surface area contributed by atoms with Gasteiger partial charge in [-0.25, -0.2) is 0 Å². The van der Waals surface area contributed by atoms with Crippen LogP contribution in [0.1, 0.15) is 59.4 Å². The molecule has 6 rings (SSSR count). The maximum absolute atomic E-state index is 14.2. The van der Waals surface area contributed by atoms with Crippen molar-refractivity contribution in [3.8, 4) is 0 Å². The number of hydrogen-bond donors (Lipinski definition) is 1. The average molecular weight is 565 g/mol. The molecule has 2 amide bonds. The second-order valence-corrected chi connectivity index (χ2v) is 11.9. The molecule has 1 fully saturated rings. The summed E-state index contributed by atoms with van der Waals surface area (Å²) in [4.78, 5) is 31.7. The van der Waals surface area contributed by atoms with Crippen molar-refractivity contribution in [3.63, 3.8) is 0 Å². The molecular formula is C35H40N4O3. The number of ether oxygens (including phenoxy) is 1. The molecule has 1 N–H and O–H groups in total. The molecule has 7 nitrogen and oxygen atoms in total. The van der Waals surface area contributed by atoms with Crippen molar-refractivity contribution < 1.29 is 14.3 Å². The number of likely N-dealkylation sites (tertiary alicyclic amines) is 1. The minimum absolute atomic E-state index is 0.0101. The largest absolute Gasteiger partial charge is 0.373 e. The predicted molar refractivity (Wildman–Crippen MR) is 166 cm³/mol. The van der Waals surface area contributed by atoms with Gasteiger partial charge in [-0.2, -0.15) is 0 Å². The first-order chi connectivity index (χ1) is 20.4. The van der Waals surface area contributed by atoms with E-state index < -0.39 is 5.60 Å². The van der Waals surface area contributed by atoms with Crippen LogP contribution in [0.3, 0.4) is 0 Å². The summed E-state index contributed by atoms with van der Waals surface area (Å²) in [5, 5.41) is 3.15. The maximum Gasteiger partial charge on any atom is 0.267 e. The molecule has 3 aromatic rings. The quantitative estimate of drug-likeness (QED) is 0.424. The molecule has 0 bridgehead atoms. The summed E-state index contributed by atoms with van der Waals surface area (Å²) >= 11 is 0. The van der Waals surface area contributed by atoms with Crippen LogP contribution in [0.4, 0.5) is 5.69 Å². The van der Waals surface area contributed by atoms with Gasteiger partial charge in [0.15, 0.2) is 0 Å². The molecule has 7 heteroatoms. The summed E-state index contributed by atoms with van der Waals surface area (Å²) in [5.41, 5.74) is 4.47. The number of rotatable bonds is 7. The Morgan fingerprint density at radius 1 is 1.02 bits per heavy atom. The van der Waals surface area contributed by atoms with Crippen LogP contribution >= 0.6 is 0 Å². The third-order valence-electron chi connectivity index (χ3n) is 9.29. The van der Waals surface area contributed by atoms with Crippen LogP contribution < -0.4 is 10.2 Å². The Kier molecular flexibility index (Phi) is 7.88. The number of carbonyl (C=O) groups is 2. The van der Waals surface area contributed by atoms with Crippen LogP contribution in [-0.2, 0) is 22.6 Å². The number of aromatic nitrogens is 1. The van der Waals surface area contributed by atoms with Crippen LogP contribution in [0, 0.1) is 0 Å². The molecule has 1 aromatic heterocycles. The van der Waals surface area contributed by atoms with Crippen LogP contribution in [0.2, 0.25) is 0 Å². The standard InChI is InChI=1S/C35H40N4O3/c1-35(42-3)22-26(15-17-30(35)25-10-5-4-6-11-25)34(41)39-24-29-16-18-32(38(29)23-27-12-7-8-14-31(27)39)33(40)36-20-19-28-13-9-21-37(28)2/h4-8,10-12,14-18,22,28,30H,9,13,19-21,23-24H2,1-3H3,(H,36,40). The molecule has 3 unspecified atom stereocenters. The van der Waals surface area contributed by atoms with Crippen molar-refractivity contribution in [1.29, 1.82) is 0 Å². The van der Waals surface area contributed by atoms with E-state index in [9.17, 15) is 9.59 Å². The monoisotopic (exact) mass is 564 g/mol. The van der Waals surface area contributed by atoms with Gasteiger partial charge in [-0.15, -0.1) is 0 Å². The van der Waals surface area contributed by atoms with Gasteiger partial charge in [-0.1, -0.05) is 60.7 Å². The molecule has 3 heterocycles. The number of methoxy groups -OCH3 is 1. The number of amides is 2. The zero-order chi connectivity index (χ0) is 29.3. The smallest absolute Gasteiger partial charge is 0.267 e. The average Bonchev–Trinajstić information content (AvgIpc) is 3.57. The van der Waals surface area contributed by atoms with Gasteiger partial charge in [-0.3, -0.25) is 9.59 Å². The molecule has 42 heavy (non-hydrogen) atoms. The molecule has 3 atom stereocenters. The van der Waals surface area contributed by atoms with Gasteiger partial charge in [0.1, 0.15) is 5.69 Å². The van der Waals surface area contributed by atoms with Gasteiger partial charge >= 0.3 is 0 Å². The highest BCUT2D eigenvalue weighted by atomic mass is 16.5. The zero-order valence-corrected chi connectivity index (χ0v) is 24.8. The summed E-state index contributed by atoms with van der Waals surface area (Å²) in [6.07, 6.45) is 9.32. The lowest BCUT2D eigenvalue weighted by molar-refractivity contribution is -0.115. The summed E-state index contributed by atoms with van der Waals surface area (Å²) in [5.74, 6) is -0.168. The number of nitrogens with zero attached hydrogens (tertiary/aromatic N) is 3. The summed E-state index contributed by atoms with van der Waals surface area (Å²) in [6.45, 7) is 4.70.